The fraction of sp³-hybridized carbons (Fsp3) is 0.350. The smallest absolute Gasteiger partial charge is 0.232 e. The first-order valence-corrected chi connectivity index (χ1v) is 10.8. The largest absolute Gasteiger partial charge is 0.492 e. The lowest BCUT2D eigenvalue weighted by molar-refractivity contribution is -0.121. The second-order valence-corrected chi connectivity index (χ2v) is 8.31. The minimum atomic E-state index is -3.65. The van der Waals surface area contributed by atoms with Crippen molar-refractivity contribution < 1.29 is 22.3 Å². The normalized spacial score (nSPS) is 11.1. The number of carbonyl (C=O) groups excluding carboxylic acids is 1. The molecule has 0 aromatic heterocycles. The van der Waals surface area contributed by atoms with Gasteiger partial charge >= 0.3 is 0 Å². The van der Waals surface area contributed by atoms with Crippen LogP contribution in [0.4, 0.5) is 10.1 Å². The number of hydrogen-bond donors (Lipinski definition) is 1. The molecule has 0 atom stereocenters. The third-order valence-electron chi connectivity index (χ3n) is 4.00. The van der Waals surface area contributed by atoms with Crippen LogP contribution in [0.1, 0.15) is 18.4 Å². The van der Waals surface area contributed by atoms with E-state index in [9.17, 15) is 17.6 Å². The predicted molar refractivity (Wildman–Crippen MR) is 108 cm³/mol. The zero-order valence-corrected chi connectivity index (χ0v) is 16.8. The van der Waals surface area contributed by atoms with Crippen molar-refractivity contribution >= 4 is 21.6 Å². The first-order chi connectivity index (χ1) is 13.3. The molecule has 0 aliphatic rings. The molecule has 1 amide bonds. The van der Waals surface area contributed by atoms with Crippen molar-refractivity contribution in [2.75, 3.05) is 30.3 Å². The van der Waals surface area contributed by atoms with Crippen LogP contribution in [0.5, 0.6) is 5.75 Å². The molecule has 0 bridgehead atoms. The molecule has 0 unspecified atom stereocenters. The molecule has 0 fully saturated rings. The Kier molecular flexibility index (Phi) is 7.80. The van der Waals surface area contributed by atoms with Crippen molar-refractivity contribution in [2.24, 2.45) is 0 Å². The monoisotopic (exact) mass is 408 g/mol. The van der Waals surface area contributed by atoms with Gasteiger partial charge in [0.05, 0.1) is 18.5 Å². The highest BCUT2D eigenvalue weighted by molar-refractivity contribution is 7.92. The van der Waals surface area contributed by atoms with Crippen molar-refractivity contribution in [1.29, 1.82) is 0 Å². The van der Waals surface area contributed by atoms with Gasteiger partial charge in [0.1, 0.15) is 18.2 Å². The van der Waals surface area contributed by atoms with E-state index in [4.69, 9.17) is 4.74 Å². The van der Waals surface area contributed by atoms with Crippen LogP contribution >= 0.6 is 0 Å². The molecule has 0 aliphatic heterocycles. The molecule has 6 nitrogen and oxygen atoms in total. The Bertz CT molecular complexity index is 885. The molecule has 0 heterocycles. The zero-order chi connectivity index (χ0) is 20.6. The van der Waals surface area contributed by atoms with Crippen molar-refractivity contribution in [3.63, 3.8) is 0 Å². The minimum Gasteiger partial charge on any atom is -0.492 e. The number of benzene rings is 2. The Balaban J connectivity index is 1.75. The average Bonchev–Trinajstić information content (AvgIpc) is 2.64. The number of rotatable bonds is 10. The van der Waals surface area contributed by atoms with E-state index in [0.29, 0.717) is 13.2 Å². The zero-order valence-electron chi connectivity index (χ0n) is 16.0. The van der Waals surface area contributed by atoms with Gasteiger partial charge in [0.15, 0.2) is 0 Å². The number of hydrogen-bond acceptors (Lipinski definition) is 4. The number of aryl methyl sites for hydroxylation is 1. The van der Waals surface area contributed by atoms with Gasteiger partial charge in [0, 0.05) is 13.0 Å². The summed E-state index contributed by atoms with van der Waals surface area (Å²) in [6, 6.07) is 13.3. The van der Waals surface area contributed by atoms with Crippen molar-refractivity contribution in [3.8, 4) is 5.75 Å². The van der Waals surface area contributed by atoms with Gasteiger partial charge in [-0.1, -0.05) is 29.8 Å². The molecule has 2 aromatic carbocycles. The van der Waals surface area contributed by atoms with Crippen LogP contribution in [-0.4, -0.2) is 40.3 Å². The highest BCUT2D eigenvalue weighted by Crippen LogP contribution is 2.21. The topological polar surface area (TPSA) is 75.7 Å². The molecule has 2 rings (SSSR count). The summed E-state index contributed by atoms with van der Waals surface area (Å²) in [4.78, 5) is 11.9. The van der Waals surface area contributed by atoms with Gasteiger partial charge in [-0.3, -0.25) is 9.10 Å². The maximum atomic E-state index is 13.9. The van der Waals surface area contributed by atoms with E-state index in [1.54, 1.807) is 6.07 Å². The molecular formula is C20H25FN2O4S. The fourth-order valence-electron chi connectivity index (χ4n) is 2.58. The van der Waals surface area contributed by atoms with Gasteiger partial charge in [-0.05, 0) is 37.6 Å². The van der Waals surface area contributed by atoms with Gasteiger partial charge in [-0.25, -0.2) is 12.8 Å². The number of sulfonamides is 1. The lowest BCUT2D eigenvalue weighted by atomic mass is 10.2. The highest BCUT2D eigenvalue weighted by Gasteiger charge is 2.20. The third-order valence-corrected chi connectivity index (χ3v) is 5.18. The summed E-state index contributed by atoms with van der Waals surface area (Å²) in [6.07, 6.45) is 1.42. The van der Waals surface area contributed by atoms with Gasteiger partial charge in [-0.2, -0.15) is 0 Å². The molecule has 0 saturated heterocycles. The van der Waals surface area contributed by atoms with E-state index in [1.165, 1.54) is 18.2 Å². The fourth-order valence-corrected chi connectivity index (χ4v) is 3.55. The highest BCUT2D eigenvalue weighted by atomic mass is 32.2. The first-order valence-electron chi connectivity index (χ1n) is 8.96. The third kappa shape index (κ3) is 6.84. The second-order valence-electron chi connectivity index (χ2n) is 6.40. The van der Waals surface area contributed by atoms with Gasteiger partial charge in [0.2, 0.25) is 15.9 Å². The lowest BCUT2D eigenvalue weighted by Gasteiger charge is -2.22. The Morgan fingerprint density at radius 1 is 1.14 bits per heavy atom. The van der Waals surface area contributed by atoms with Crippen molar-refractivity contribution in [1.82, 2.24) is 5.32 Å². The Morgan fingerprint density at radius 2 is 1.82 bits per heavy atom. The van der Waals surface area contributed by atoms with Crippen molar-refractivity contribution in [3.05, 3.63) is 59.9 Å². The summed E-state index contributed by atoms with van der Waals surface area (Å²) in [5, 5.41) is 2.72. The molecule has 28 heavy (non-hydrogen) atoms. The standard InChI is InChI=1S/C20H25FN2O4S/c1-16-9-11-17(12-10-16)27-15-13-22-20(24)8-5-14-23(28(2,25)26)19-7-4-3-6-18(19)21/h3-4,6-7,9-12H,5,8,13-15H2,1-2H3,(H,22,24). The molecular weight excluding hydrogens is 383 g/mol. The van der Waals surface area contributed by atoms with Crippen LogP contribution in [0.3, 0.4) is 0 Å². The van der Waals surface area contributed by atoms with E-state index in [2.05, 4.69) is 5.32 Å². The maximum Gasteiger partial charge on any atom is 0.232 e. The average molecular weight is 408 g/mol. The Labute approximate surface area is 165 Å². The summed E-state index contributed by atoms with van der Waals surface area (Å²) in [7, 11) is -3.65. The van der Waals surface area contributed by atoms with Crippen LogP contribution in [0.25, 0.3) is 0 Å². The number of anilines is 1. The number of ether oxygens (including phenoxy) is 1. The number of nitrogens with one attached hydrogen (secondary N) is 1. The summed E-state index contributed by atoms with van der Waals surface area (Å²) >= 11 is 0. The van der Waals surface area contributed by atoms with Gasteiger partial charge in [-0.15, -0.1) is 0 Å². The summed E-state index contributed by atoms with van der Waals surface area (Å²) in [5.41, 5.74) is 1.12. The molecule has 0 aliphatic carbocycles. The number of para-hydroxylation sites is 1. The molecule has 0 radical (unpaired) electrons. The second kappa shape index (κ2) is 10.1. The van der Waals surface area contributed by atoms with Gasteiger partial charge in [0.25, 0.3) is 0 Å². The van der Waals surface area contributed by atoms with E-state index in [1.807, 2.05) is 31.2 Å². The molecule has 152 valence electrons. The van der Waals surface area contributed by atoms with Crippen LogP contribution in [0.2, 0.25) is 0 Å². The van der Waals surface area contributed by atoms with E-state index in [0.717, 1.165) is 21.9 Å². The number of nitrogens with zero attached hydrogens (tertiary/aromatic N) is 1. The van der Waals surface area contributed by atoms with E-state index >= 15 is 0 Å². The quantitative estimate of drug-likeness (QED) is 0.614. The number of amides is 1. The predicted octanol–water partition coefficient (Wildman–Crippen LogP) is 2.88. The number of carbonyl (C=O) groups is 1. The Hall–Kier alpha value is -2.61. The number of halogens is 1. The first kappa shape index (κ1) is 21.7. The summed E-state index contributed by atoms with van der Waals surface area (Å²) < 4.78 is 44.4. The van der Waals surface area contributed by atoms with E-state index in [-0.39, 0.29) is 31.0 Å². The Morgan fingerprint density at radius 3 is 2.46 bits per heavy atom. The lowest BCUT2D eigenvalue weighted by Crippen LogP contribution is -2.33. The summed E-state index contributed by atoms with van der Waals surface area (Å²) in [5.74, 6) is -0.103. The van der Waals surface area contributed by atoms with E-state index < -0.39 is 15.8 Å². The van der Waals surface area contributed by atoms with Crippen LogP contribution in [0, 0.1) is 12.7 Å². The van der Waals surface area contributed by atoms with Gasteiger partial charge < -0.3 is 10.1 Å². The minimum absolute atomic E-state index is 0.0168. The maximum absolute atomic E-state index is 13.9. The molecule has 0 saturated carbocycles. The molecule has 0 spiro atoms. The summed E-state index contributed by atoms with van der Waals surface area (Å²) in [6.45, 7) is 2.68. The van der Waals surface area contributed by atoms with Crippen molar-refractivity contribution in [2.45, 2.75) is 19.8 Å². The van der Waals surface area contributed by atoms with Crippen LogP contribution in [0.15, 0.2) is 48.5 Å². The molecule has 1 N–H and O–H groups in total. The van der Waals surface area contributed by atoms with Crippen LogP contribution in [-0.2, 0) is 14.8 Å². The SMILES string of the molecule is Cc1ccc(OCCNC(=O)CCCN(c2ccccc2F)S(C)(=O)=O)cc1. The van der Waals surface area contributed by atoms with Crippen LogP contribution < -0.4 is 14.4 Å². The molecule has 2 aromatic rings. The molecule has 8 heteroatoms.